The molecule has 1 fully saturated rings. The monoisotopic (exact) mass is 171 g/mol. The van der Waals surface area contributed by atoms with Crippen molar-refractivity contribution >= 4 is 0 Å². The molecular formula is C10H21NO. The average Bonchev–Trinajstić information content (AvgIpc) is 2.03. The van der Waals surface area contributed by atoms with Gasteiger partial charge in [0.15, 0.2) is 0 Å². The SMILES string of the molecule is CNC1CCOC(C(C)(C)C)C1. The molecule has 12 heavy (non-hydrogen) atoms. The number of hydrogen-bond donors (Lipinski definition) is 1. The molecule has 0 amide bonds. The minimum Gasteiger partial charge on any atom is -0.378 e. The van der Waals surface area contributed by atoms with Gasteiger partial charge in [0.05, 0.1) is 6.10 Å². The maximum atomic E-state index is 5.73. The van der Waals surface area contributed by atoms with Crippen molar-refractivity contribution in [2.75, 3.05) is 13.7 Å². The van der Waals surface area contributed by atoms with E-state index in [1.165, 1.54) is 0 Å². The zero-order valence-electron chi connectivity index (χ0n) is 8.68. The molecule has 1 heterocycles. The zero-order valence-corrected chi connectivity index (χ0v) is 8.68. The van der Waals surface area contributed by atoms with Crippen LogP contribution in [0.15, 0.2) is 0 Å². The molecule has 1 aliphatic rings. The van der Waals surface area contributed by atoms with Crippen LogP contribution >= 0.6 is 0 Å². The molecule has 2 nitrogen and oxygen atoms in total. The molecule has 2 heteroatoms. The van der Waals surface area contributed by atoms with E-state index in [9.17, 15) is 0 Å². The number of rotatable bonds is 1. The summed E-state index contributed by atoms with van der Waals surface area (Å²) in [5, 5.41) is 3.33. The smallest absolute Gasteiger partial charge is 0.0638 e. The summed E-state index contributed by atoms with van der Waals surface area (Å²) < 4.78 is 5.73. The van der Waals surface area contributed by atoms with E-state index in [1.54, 1.807) is 0 Å². The Balaban J connectivity index is 2.46. The van der Waals surface area contributed by atoms with E-state index in [1.807, 2.05) is 7.05 Å². The average molecular weight is 171 g/mol. The van der Waals surface area contributed by atoms with Crippen LogP contribution in [0.5, 0.6) is 0 Å². The molecule has 1 rings (SSSR count). The summed E-state index contributed by atoms with van der Waals surface area (Å²) >= 11 is 0. The lowest BCUT2D eigenvalue weighted by Crippen LogP contribution is -2.42. The molecule has 2 unspecified atom stereocenters. The second-order valence-electron chi connectivity index (χ2n) is 4.74. The fourth-order valence-corrected chi connectivity index (χ4v) is 1.66. The van der Waals surface area contributed by atoms with Gasteiger partial charge in [0.1, 0.15) is 0 Å². The molecule has 1 aliphatic heterocycles. The fourth-order valence-electron chi connectivity index (χ4n) is 1.66. The number of hydrogen-bond acceptors (Lipinski definition) is 2. The maximum Gasteiger partial charge on any atom is 0.0638 e. The summed E-state index contributed by atoms with van der Waals surface area (Å²) in [6.07, 6.45) is 2.73. The lowest BCUT2D eigenvalue weighted by molar-refractivity contribution is -0.0571. The predicted octanol–water partition coefficient (Wildman–Crippen LogP) is 1.80. The first-order chi connectivity index (χ1) is 5.54. The van der Waals surface area contributed by atoms with Crippen molar-refractivity contribution in [3.05, 3.63) is 0 Å². The normalized spacial score (nSPS) is 32.0. The Morgan fingerprint density at radius 1 is 1.33 bits per heavy atom. The third-order valence-electron chi connectivity index (χ3n) is 2.66. The molecule has 72 valence electrons. The van der Waals surface area contributed by atoms with Crippen LogP contribution in [0, 0.1) is 5.41 Å². The van der Waals surface area contributed by atoms with E-state index in [4.69, 9.17) is 4.74 Å². The van der Waals surface area contributed by atoms with Crippen molar-refractivity contribution in [1.82, 2.24) is 5.32 Å². The van der Waals surface area contributed by atoms with Crippen LogP contribution in [-0.4, -0.2) is 25.8 Å². The highest BCUT2D eigenvalue weighted by Crippen LogP contribution is 2.29. The van der Waals surface area contributed by atoms with E-state index in [0.29, 0.717) is 12.1 Å². The van der Waals surface area contributed by atoms with Gasteiger partial charge in [0.2, 0.25) is 0 Å². The van der Waals surface area contributed by atoms with Crippen LogP contribution < -0.4 is 5.32 Å². The van der Waals surface area contributed by atoms with Crippen LogP contribution in [0.2, 0.25) is 0 Å². The fraction of sp³-hybridized carbons (Fsp3) is 1.00. The van der Waals surface area contributed by atoms with E-state index < -0.39 is 0 Å². The second-order valence-corrected chi connectivity index (χ2v) is 4.74. The lowest BCUT2D eigenvalue weighted by atomic mass is 9.83. The van der Waals surface area contributed by atoms with Gasteiger partial charge in [-0.1, -0.05) is 20.8 Å². The van der Waals surface area contributed by atoms with Gasteiger partial charge >= 0.3 is 0 Å². The summed E-state index contributed by atoms with van der Waals surface area (Å²) in [7, 11) is 2.04. The maximum absolute atomic E-state index is 5.73. The van der Waals surface area contributed by atoms with Crippen molar-refractivity contribution in [3.63, 3.8) is 0 Å². The molecule has 0 aromatic rings. The summed E-state index contributed by atoms with van der Waals surface area (Å²) in [6.45, 7) is 7.65. The van der Waals surface area contributed by atoms with Gasteiger partial charge in [-0.3, -0.25) is 0 Å². The van der Waals surface area contributed by atoms with Crippen molar-refractivity contribution in [1.29, 1.82) is 0 Å². The van der Waals surface area contributed by atoms with Crippen LogP contribution in [0.3, 0.4) is 0 Å². The van der Waals surface area contributed by atoms with E-state index in [2.05, 4.69) is 26.1 Å². The predicted molar refractivity (Wildman–Crippen MR) is 51.3 cm³/mol. The summed E-state index contributed by atoms with van der Waals surface area (Å²) in [5.41, 5.74) is 0.287. The largest absolute Gasteiger partial charge is 0.378 e. The number of nitrogens with one attached hydrogen (secondary N) is 1. The topological polar surface area (TPSA) is 21.3 Å². The van der Waals surface area contributed by atoms with Gasteiger partial charge in [-0.15, -0.1) is 0 Å². The van der Waals surface area contributed by atoms with Gasteiger partial charge in [-0.25, -0.2) is 0 Å². The molecule has 0 aromatic carbocycles. The first-order valence-electron chi connectivity index (χ1n) is 4.83. The van der Waals surface area contributed by atoms with Crippen molar-refractivity contribution in [2.45, 2.75) is 45.8 Å². The molecular weight excluding hydrogens is 150 g/mol. The van der Waals surface area contributed by atoms with Crippen molar-refractivity contribution in [3.8, 4) is 0 Å². The van der Waals surface area contributed by atoms with Crippen LogP contribution in [0.25, 0.3) is 0 Å². The minimum absolute atomic E-state index is 0.287. The molecule has 2 atom stereocenters. The summed E-state index contributed by atoms with van der Waals surface area (Å²) in [5.74, 6) is 0. The van der Waals surface area contributed by atoms with E-state index in [0.717, 1.165) is 19.4 Å². The molecule has 0 aliphatic carbocycles. The Morgan fingerprint density at radius 2 is 2.00 bits per heavy atom. The highest BCUT2D eigenvalue weighted by molar-refractivity contribution is 4.83. The minimum atomic E-state index is 0.287. The van der Waals surface area contributed by atoms with Gasteiger partial charge in [-0.2, -0.15) is 0 Å². The van der Waals surface area contributed by atoms with E-state index >= 15 is 0 Å². The van der Waals surface area contributed by atoms with Crippen LogP contribution in [0.1, 0.15) is 33.6 Å². The van der Waals surface area contributed by atoms with Gasteiger partial charge in [0.25, 0.3) is 0 Å². The first kappa shape index (κ1) is 10.0. The van der Waals surface area contributed by atoms with Gasteiger partial charge < -0.3 is 10.1 Å². The summed E-state index contributed by atoms with van der Waals surface area (Å²) in [6, 6.07) is 0.656. The van der Waals surface area contributed by atoms with Crippen LogP contribution in [0.4, 0.5) is 0 Å². The van der Waals surface area contributed by atoms with Gasteiger partial charge in [-0.05, 0) is 25.3 Å². The zero-order chi connectivity index (χ0) is 9.19. The Bertz CT molecular complexity index is 139. The van der Waals surface area contributed by atoms with E-state index in [-0.39, 0.29) is 5.41 Å². The molecule has 0 aromatic heterocycles. The van der Waals surface area contributed by atoms with Crippen LogP contribution in [-0.2, 0) is 4.74 Å². The third kappa shape index (κ3) is 2.46. The Labute approximate surface area is 75.7 Å². The lowest BCUT2D eigenvalue weighted by Gasteiger charge is -2.37. The summed E-state index contributed by atoms with van der Waals surface area (Å²) in [4.78, 5) is 0. The quantitative estimate of drug-likeness (QED) is 0.649. The van der Waals surface area contributed by atoms with Crippen molar-refractivity contribution in [2.24, 2.45) is 5.41 Å². The third-order valence-corrected chi connectivity index (χ3v) is 2.66. The highest BCUT2D eigenvalue weighted by atomic mass is 16.5. The second kappa shape index (κ2) is 3.75. The molecule has 1 saturated heterocycles. The molecule has 0 radical (unpaired) electrons. The Morgan fingerprint density at radius 3 is 2.50 bits per heavy atom. The van der Waals surface area contributed by atoms with Crippen molar-refractivity contribution < 1.29 is 4.74 Å². The molecule has 0 spiro atoms. The standard InChI is InChI=1S/C10H21NO/c1-10(2,3)9-7-8(11-4)5-6-12-9/h8-9,11H,5-7H2,1-4H3. The van der Waals surface area contributed by atoms with Gasteiger partial charge in [0, 0.05) is 12.6 Å². The Hall–Kier alpha value is -0.0800. The Kier molecular flexibility index (Phi) is 3.13. The molecule has 0 bridgehead atoms. The first-order valence-corrected chi connectivity index (χ1v) is 4.83. The molecule has 1 N–H and O–H groups in total. The number of ether oxygens (including phenoxy) is 1. The highest BCUT2D eigenvalue weighted by Gasteiger charge is 2.30. The molecule has 0 saturated carbocycles.